The minimum atomic E-state index is 0.925. The predicted octanol–water partition coefficient (Wildman–Crippen LogP) is 6.18. The highest BCUT2D eigenvalue weighted by molar-refractivity contribution is 5.42. The van der Waals surface area contributed by atoms with Gasteiger partial charge in [-0.05, 0) is 61.5 Å². The summed E-state index contributed by atoms with van der Waals surface area (Å²) in [7, 11) is 0. The second-order valence-electron chi connectivity index (χ2n) is 7.08. The van der Waals surface area contributed by atoms with Gasteiger partial charge in [-0.25, -0.2) is 0 Å². The van der Waals surface area contributed by atoms with Gasteiger partial charge in [-0.2, -0.15) is 0 Å². The fourth-order valence-corrected chi connectivity index (χ4v) is 4.25. The summed E-state index contributed by atoms with van der Waals surface area (Å²) in [5, 5.41) is 0. The molecule has 106 valence electrons. The lowest BCUT2D eigenvalue weighted by Crippen LogP contribution is -2.03. The molecule has 0 radical (unpaired) electrons. The van der Waals surface area contributed by atoms with Crippen LogP contribution in [0.25, 0.3) is 0 Å². The van der Waals surface area contributed by atoms with E-state index >= 15 is 0 Å². The van der Waals surface area contributed by atoms with Gasteiger partial charge in [0.25, 0.3) is 0 Å². The van der Waals surface area contributed by atoms with Gasteiger partial charge < -0.3 is 0 Å². The van der Waals surface area contributed by atoms with Crippen LogP contribution in [0.5, 0.6) is 0 Å². The van der Waals surface area contributed by atoms with Crippen molar-refractivity contribution in [2.45, 2.75) is 83.5 Å². The molecule has 0 heterocycles. The molecule has 3 aliphatic carbocycles. The van der Waals surface area contributed by atoms with E-state index in [0.717, 1.165) is 11.8 Å². The Hall–Kier alpha value is -0.520. The van der Waals surface area contributed by atoms with E-state index in [-0.39, 0.29) is 0 Å². The molecule has 2 atom stereocenters. The molecule has 0 spiro atoms. The maximum absolute atomic E-state index is 2.66. The van der Waals surface area contributed by atoms with Gasteiger partial charge in [0, 0.05) is 0 Å². The highest BCUT2D eigenvalue weighted by Gasteiger charge is 2.24. The fraction of sp³-hybridized carbons (Fsp3) is 0.789. The van der Waals surface area contributed by atoms with E-state index in [0.29, 0.717) is 0 Å². The Morgan fingerprint density at radius 3 is 2.32 bits per heavy atom. The molecule has 0 nitrogen and oxygen atoms in total. The van der Waals surface area contributed by atoms with Gasteiger partial charge in [0.2, 0.25) is 0 Å². The summed E-state index contributed by atoms with van der Waals surface area (Å²) in [6.45, 7) is 0. The Morgan fingerprint density at radius 2 is 1.53 bits per heavy atom. The van der Waals surface area contributed by atoms with Crippen molar-refractivity contribution in [1.29, 1.82) is 0 Å². The molecule has 0 aromatic carbocycles. The zero-order valence-corrected chi connectivity index (χ0v) is 12.5. The zero-order valence-electron chi connectivity index (χ0n) is 12.5. The average Bonchev–Trinajstić information content (AvgIpc) is 2.83. The van der Waals surface area contributed by atoms with Gasteiger partial charge >= 0.3 is 0 Å². The Morgan fingerprint density at radius 1 is 0.737 bits per heavy atom. The summed E-state index contributed by atoms with van der Waals surface area (Å²) in [5.74, 6) is 1.98. The lowest BCUT2D eigenvalue weighted by atomic mass is 9.84. The third-order valence-electron chi connectivity index (χ3n) is 5.56. The largest absolute Gasteiger partial charge is 0.0776 e. The predicted molar refractivity (Wildman–Crippen MR) is 83.2 cm³/mol. The quantitative estimate of drug-likeness (QED) is 0.486. The van der Waals surface area contributed by atoms with Crippen molar-refractivity contribution in [1.82, 2.24) is 0 Å². The first-order valence-corrected chi connectivity index (χ1v) is 8.82. The van der Waals surface area contributed by atoms with Gasteiger partial charge in [-0.1, -0.05) is 57.1 Å². The molecular weight excluding hydrogens is 228 g/mol. The molecule has 1 saturated carbocycles. The number of hydrogen-bond donors (Lipinski definition) is 0. The molecule has 0 N–H and O–H groups in total. The lowest BCUT2D eigenvalue weighted by Gasteiger charge is -2.21. The van der Waals surface area contributed by atoms with Crippen molar-refractivity contribution in [2.24, 2.45) is 11.8 Å². The highest BCUT2D eigenvalue weighted by Crippen LogP contribution is 2.39. The molecular formula is C19H30. The Labute approximate surface area is 119 Å². The topological polar surface area (TPSA) is 0 Å². The second-order valence-corrected chi connectivity index (χ2v) is 7.08. The molecule has 0 heteroatoms. The Bertz CT molecular complexity index is 347. The first kappa shape index (κ1) is 13.5. The van der Waals surface area contributed by atoms with Crippen LogP contribution in [0, 0.1) is 11.8 Å². The van der Waals surface area contributed by atoms with Crippen LogP contribution in [0.2, 0.25) is 0 Å². The van der Waals surface area contributed by atoms with Crippen LogP contribution < -0.4 is 0 Å². The van der Waals surface area contributed by atoms with Crippen LogP contribution in [-0.4, -0.2) is 0 Å². The molecule has 1 fully saturated rings. The molecule has 0 aromatic heterocycles. The maximum Gasteiger partial charge on any atom is -0.00920 e. The number of allylic oxidation sites excluding steroid dienone is 4. The summed E-state index contributed by atoms with van der Waals surface area (Å²) in [5.41, 5.74) is 3.43. The number of rotatable bonds is 0. The first-order chi connectivity index (χ1) is 9.42. The van der Waals surface area contributed by atoms with Gasteiger partial charge in [0.1, 0.15) is 0 Å². The number of fused-ring (bicyclic) bond motifs is 3. The molecule has 0 saturated heterocycles. The first-order valence-electron chi connectivity index (χ1n) is 8.82. The van der Waals surface area contributed by atoms with Crippen LogP contribution in [0.4, 0.5) is 0 Å². The van der Waals surface area contributed by atoms with E-state index in [2.05, 4.69) is 12.2 Å². The van der Waals surface area contributed by atoms with Crippen LogP contribution in [-0.2, 0) is 0 Å². The van der Waals surface area contributed by atoms with Crippen LogP contribution in [0.1, 0.15) is 83.5 Å². The summed E-state index contributed by atoms with van der Waals surface area (Å²) < 4.78 is 0. The minimum absolute atomic E-state index is 0.925. The van der Waals surface area contributed by atoms with E-state index in [1.54, 1.807) is 11.1 Å². The second kappa shape index (κ2) is 6.77. The van der Waals surface area contributed by atoms with Crippen molar-refractivity contribution in [3.8, 4) is 0 Å². The van der Waals surface area contributed by atoms with Gasteiger partial charge in [0.05, 0.1) is 0 Å². The average molecular weight is 258 g/mol. The summed E-state index contributed by atoms with van der Waals surface area (Å²) >= 11 is 0. The number of hydrogen-bond acceptors (Lipinski definition) is 0. The Balaban J connectivity index is 1.58. The van der Waals surface area contributed by atoms with Gasteiger partial charge in [0.15, 0.2) is 0 Å². The van der Waals surface area contributed by atoms with Crippen molar-refractivity contribution in [3.63, 3.8) is 0 Å². The van der Waals surface area contributed by atoms with E-state index in [4.69, 9.17) is 0 Å². The van der Waals surface area contributed by atoms with Crippen LogP contribution >= 0.6 is 0 Å². The smallest absolute Gasteiger partial charge is 0.00920 e. The third-order valence-corrected chi connectivity index (χ3v) is 5.56. The molecule has 2 unspecified atom stereocenters. The van der Waals surface area contributed by atoms with Crippen molar-refractivity contribution in [2.75, 3.05) is 0 Å². The lowest BCUT2D eigenvalue weighted by molar-refractivity contribution is 0.453. The van der Waals surface area contributed by atoms with Gasteiger partial charge in [-0.3, -0.25) is 0 Å². The van der Waals surface area contributed by atoms with E-state index in [1.807, 2.05) is 0 Å². The molecule has 19 heavy (non-hydrogen) atoms. The molecule has 0 aromatic rings. The fourth-order valence-electron chi connectivity index (χ4n) is 4.25. The maximum atomic E-state index is 2.66. The monoisotopic (exact) mass is 258 g/mol. The summed E-state index contributed by atoms with van der Waals surface area (Å²) in [6, 6.07) is 0. The molecule has 0 aliphatic heterocycles. The zero-order chi connectivity index (χ0) is 12.9. The SMILES string of the molecule is C1=C2CCCCCCCCCC3CCC(/C=C\2C1)C3. The summed E-state index contributed by atoms with van der Waals surface area (Å²) in [6.07, 6.45) is 24.1. The summed E-state index contributed by atoms with van der Waals surface area (Å²) in [4.78, 5) is 0. The normalized spacial score (nSPS) is 36.0. The molecule has 0 amide bonds. The van der Waals surface area contributed by atoms with E-state index in [1.165, 1.54) is 83.5 Å². The standard InChI is InChI=1S/C19H30/c1-2-4-6-8-16-10-11-17(14-16)15-19-13-12-18(19)9-7-5-3-1/h12,15-17H,1-11,13-14H2/b19-15-. The van der Waals surface area contributed by atoms with Crippen molar-refractivity contribution >= 4 is 0 Å². The van der Waals surface area contributed by atoms with Crippen LogP contribution in [0.3, 0.4) is 0 Å². The van der Waals surface area contributed by atoms with Gasteiger partial charge in [-0.15, -0.1) is 0 Å². The van der Waals surface area contributed by atoms with E-state index < -0.39 is 0 Å². The van der Waals surface area contributed by atoms with Crippen molar-refractivity contribution in [3.05, 3.63) is 23.3 Å². The molecule has 2 bridgehead atoms. The Kier molecular flexibility index (Phi) is 4.80. The van der Waals surface area contributed by atoms with Crippen LogP contribution in [0.15, 0.2) is 23.3 Å². The molecule has 3 rings (SSSR count). The van der Waals surface area contributed by atoms with E-state index in [9.17, 15) is 0 Å². The molecule has 3 aliphatic rings. The van der Waals surface area contributed by atoms with Crippen molar-refractivity contribution < 1.29 is 0 Å². The third kappa shape index (κ3) is 3.74. The minimum Gasteiger partial charge on any atom is -0.0776 e. The highest BCUT2D eigenvalue weighted by atomic mass is 14.3.